The third-order valence-corrected chi connectivity index (χ3v) is 2.61. The lowest BCUT2D eigenvalue weighted by molar-refractivity contribution is -0.168. The standard InChI is InChI=1S/C10H12Cl3NO6/c1-5(15)20-8-6(7(16)14-8)2-3-18-9(17)19-4-10(11,12)13/h6,8H,2-4H2,1H3,(H,14,16)/t6-,8-/m1/s1. The van der Waals surface area contributed by atoms with Crippen LogP contribution in [0.25, 0.3) is 0 Å². The maximum Gasteiger partial charge on any atom is 0.508 e. The molecule has 1 heterocycles. The number of rotatable bonds is 5. The van der Waals surface area contributed by atoms with Crippen LogP contribution < -0.4 is 5.32 Å². The third-order valence-electron chi connectivity index (χ3n) is 2.28. The number of nitrogens with one attached hydrogen (secondary N) is 1. The van der Waals surface area contributed by atoms with E-state index in [-0.39, 0.29) is 18.9 Å². The van der Waals surface area contributed by atoms with E-state index >= 15 is 0 Å². The first-order valence-electron chi connectivity index (χ1n) is 5.53. The van der Waals surface area contributed by atoms with E-state index in [4.69, 9.17) is 39.5 Å². The van der Waals surface area contributed by atoms with Crippen molar-refractivity contribution in [2.45, 2.75) is 23.4 Å². The van der Waals surface area contributed by atoms with Crippen molar-refractivity contribution in [1.29, 1.82) is 0 Å². The first kappa shape index (κ1) is 17.1. The number of alkyl halides is 3. The maximum atomic E-state index is 11.2. The molecule has 0 bridgehead atoms. The number of halogens is 3. The second-order valence-electron chi connectivity index (χ2n) is 3.94. The summed E-state index contributed by atoms with van der Waals surface area (Å²) >= 11 is 16.1. The molecule has 1 saturated heterocycles. The minimum Gasteiger partial charge on any atom is -0.441 e. The minimum absolute atomic E-state index is 0.0887. The Balaban J connectivity index is 2.21. The molecule has 0 spiro atoms. The molecule has 1 fully saturated rings. The third kappa shape index (κ3) is 6.02. The smallest absolute Gasteiger partial charge is 0.441 e. The van der Waals surface area contributed by atoms with E-state index in [2.05, 4.69) is 14.8 Å². The lowest BCUT2D eigenvalue weighted by Gasteiger charge is -2.35. The fourth-order valence-electron chi connectivity index (χ4n) is 1.41. The Hall–Kier alpha value is -0.920. The van der Waals surface area contributed by atoms with Crippen LogP contribution in [0.5, 0.6) is 0 Å². The van der Waals surface area contributed by atoms with Crippen LogP contribution >= 0.6 is 34.8 Å². The molecule has 1 aliphatic heterocycles. The highest BCUT2D eigenvalue weighted by Gasteiger charge is 2.41. The molecule has 0 saturated carbocycles. The Morgan fingerprint density at radius 2 is 1.95 bits per heavy atom. The van der Waals surface area contributed by atoms with Crippen LogP contribution in [0.1, 0.15) is 13.3 Å². The fourth-order valence-corrected chi connectivity index (χ4v) is 1.58. The minimum atomic E-state index is -1.71. The predicted octanol–water partition coefficient (Wildman–Crippen LogP) is 1.54. The highest BCUT2D eigenvalue weighted by Crippen LogP contribution is 2.26. The maximum absolute atomic E-state index is 11.2. The number of esters is 1. The average Bonchev–Trinajstić information content (AvgIpc) is 2.30. The zero-order valence-electron chi connectivity index (χ0n) is 10.4. The molecule has 20 heavy (non-hydrogen) atoms. The summed E-state index contributed by atoms with van der Waals surface area (Å²) < 4.78 is 12.3. The molecule has 1 aliphatic rings. The molecular formula is C10H12Cl3NO6. The van der Waals surface area contributed by atoms with E-state index < -0.39 is 34.7 Å². The van der Waals surface area contributed by atoms with E-state index in [9.17, 15) is 14.4 Å². The zero-order valence-corrected chi connectivity index (χ0v) is 12.6. The molecule has 1 N–H and O–H groups in total. The van der Waals surface area contributed by atoms with Gasteiger partial charge < -0.3 is 19.5 Å². The van der Waals surface area contributed by atoms with Crippen molar-refractivity contribution < 1.29 is 28.6 Å². The highest BCUT2D eigenvalue weighted by atomic mass is 35.6. The number of hydrogen-bond acceptors (Lipinski definition) is 6. The van der Waals surface area contributed by atoms with Crippen LogP contribution in [-0.4, -0.2) is 41.3 Å². The fraction of sp³-hybridized carbons (Fsp3) is 0.700. The summed E-state index contributed by atoms with van der Waals surface area (Å²) in [6, 6.07) is 0. The zero-order chi connectivity index (χ0) is 15.3. The molecule has 1 rings (SSSR count). The molecular weight excluding hydrogens is 336 g/mol. The van der Waals surface area contributed by atoms with E-state index in [1.54, 1.807) is 0 Å². The van der Waals surface area contributed by atoms with Crippen molar-refractivity contribution in [3.63, 3.8) is 0 Å². The van der Waals surface area contributed by atoms with Crippen molar-refractivity contribution in [2.75, 3.05) is 13.2 Å². The summed E-state index contributed by atoms with van der Waals surface area (Å²) in [7, 11) is 0. The Morgan fingerprint density at radius 1 is 1.30 bits per heavy atom. The van der Waals surface area contributed by atoms with Crippen molar-refractivity contribution in [2.24, 2.45) is 5.92 Å². The van der Waals surface area contributed by atoms with Gasteiger partial charge in [-0.2, -0.15) is 0 Å². The van der Waals surface area contributed by atoms with Crippen LogP contribution in [0, 0.1) is 5.92 Å². The monoisotopic (exact) mass is 347 g/mol. The summed E-state index contributed by atoms with van der Waals surface area (Å²) in [4.78, 5) is 33.1. The second-order valence-corrected chi connectivity index (χ2v) is 6.45. The largest absolute Gasteiger partial charge is 0.508 e. The Labute approximate surface area is 129 Å². The Bertz CT molecular complexity index is 397. The van der Waals surface area contributed by atoms with Gasteiger partial charge in [0.1, 0.15) is 6.61 Å². The number of ether oxygens (including phenoxy) is 3. The van der Waals surface area contributed by atoms with Gasteiger partial charge in [-0.25, -0.2) is 4.79 Å². The summed E-state index contributed by atoms with van der Waals surface area (Å²) in [5, 5.41) is 2.40. The van der Waals surface area contributed by atoms with Crippen molar-refractivity contribution >= 4 is 52.8 Å². The molecule has 0 aliphatic carbocycles. The average molecular weight is 349 g/mol. The highest BCUT2D eigenvalue weighted by molar-refractivity contribution is 6.67. The lowest BCUT2D eigenvalue weighted by atomic mass is 9.96. The van der Waals surface area contributed by atoms with Gasteiger partial charge in [0.25, 0.3) is 0 Å². The number of hydrogen-bond donors (Lipinski definition) is 1. The molecule has 0 radical (unpaired) electrons. The van der Waals surface area contributed by atoms with Crippen LogP contribution in [0.15, 0.2) is 0 Å². The van der Waals surface area contributed by atoms with Gasteiger partial charge in [-0.15, -0.1) is 0 Å². The predicted molar refractivity (Wildman–Crippen MR) is 69.4 cm³/mol. The summed E-state index contributed by atoms with van der Waals surface area (Å²) in [5.74, 6) is -1.35. The molecule has 0 unspecified atom stereocenters. The first-order valence-corrected chi connectivity index (χ1v) is 6.66. The molecule has 0 aromatic heterocycles. The van der Waals surface area contributed by atoms with Crippen LogP contribution in [0.2, 0.25) is 0 Å². The summed E-state index contributed by atoms with van der Waals surface area (Å²) in [6.07, 6.45) is -1.52. The lowest BCUT2D eigenvalue weighted by Crippen LogP contribution is -2.60. The van der Waals surface area contributed by atoms with E-state index in [1.807, 2.05) is 0 Å². The van der Waals surface area contributed by atoms with Gasteiger partial charge in [0.2, 0.25) is 9.70 Å². The Morgan fingerprint density at radius 3 is 2.45 bits per heavy atom. The van der Waals surface area contributed by atoms with Gasteiger partial charge >= 0.3 is 12.1 Å². The number of amides is 1. The number of β-lactam (4-membered cyclic amide) rings is 1. The van der Waals surface area contributed by atoms with E-state index in [0.29, 0.717) is 0 Å². The van der Waals surface area contributed by atoms with Gasteiger partial charge in [0.15, 0.2) is 6.23 Å². The van der Waals surface area contributed by atoms with Crippen molar-refractivity contribution in [1.82, 2.24) is 5.32 Å². The number of carbonyl (C=O) groups excluding carboxylic acids is 3. The SMILES string of the molecule is CC(=O)O[C@H]1NC(=O)[C@H]1CCOC(=O)OCC(Cl)(Cl)Cl. The van der Waals surface area contributed by atoms with Gasteiger partial charge in [0.05, 0.1) is 12.5 Å². The topological polar surface area (TPSA) is 90.9 Å². The molecule has 10 heteroatoms. The van der Waals surface area contributed by atoms with Gasteiger partial charge in [0, 0.05) is 6.92 Å². The van der Waals surface area contributed by atoms with E-state index in [1.165, 1.54) is 6.92 Å². The molecule has 0 aromatic carbocycles. The van der Waals surface area contributed by atoms with Crippen molar-refractivity contribution in [3.05, 3.63) is 0 Å². The summed E-state index contributed by atoms with van der Waals surface area (Å²) in [5.41, 5.74) is 0. The Kier molecular flexibility index (Phi) is 6.16. The van der Waals surface area contributed by atoms with Gasteiger partial charge in [-0.05, 0) is 6.42 Å². The van der Waals surface area contributed by atoms with Crippen molar-refractivity contribution in [3.8, 4) is 0 Å². The van der Waals surface area contributed by atoms with Gasteiger partial charge in [-0.3, -0.25) is 9.59 Å². The summed E-state index contributed by atoms with van der Waals surface area (Å²) in [6.45, 7) is 0.692. The number of carbonyl (C=O) groups is 3. The van der Waals surface area contributed by atoms with Gasteiger partial charge in [-0.1, -0.05) is 34.8 Å². The van der Waals surface area contributed by atoms with Crippen LogP contribution in [0.4, 0.5) is 4.79 Å². The molecule has 1 amide bonds. The molecule has 114 valence electrons. The molecule has 2 atom stereocenters. The quantitative estimate of drug-likeness (QED) is 0.460. The molecule has 7 nitrogen and oxygen atoms in total. The van der Waals surface area contributed by atoms with Crippen LogP contribution in [0.3, 0.4) is 0 Å². The molecule has 0 aromatic rings. The second kappa shape index (κ2) is 7.19. The van der Waals surface area contributed by atoms with E-state index in [0.717, 1.165) is 0 Å². The first-order chi connectivity index (χ1) is 9.19. The normalized spacial score (nSPS) is 21.5. The van der Waals surface area contributed by atoms with Crippen LogP contribution in [-0.2, 0) is 23.8 Å².